The maximum atomic E-state index is 5.69. The molecule has 0 radical (unpaired) electrons. The van der Waals surface area contributed by atoms with Gasteiger partial charge >= 0.3 is 0 Å². The molecule has 3 nitrogen and oxygen atoms in total. The minimum absolute atomic E-state index is 0.0438. The molecule has 2 N–H and O–H groups in total. The zero-order valence-electron chi connectivity index (χ0n) is 9.18. The van der Waals surface area contributed by atoms with E-state index >= 15 is 0 Å². The van der Waals surface area contributed by atoms with Crippen molar-refractivity contribution in [3.63, 3.8) is 0 Å². The van der Waals surface area contributed by atoms with Crippen molar-refractivity contribution in [1.82, 2.24) is 0 Å². The Kier molecular flexibility index (Phi) is 2.20. The standard InChI is InChI=1S/C11H20N2O/c1-10(2)4-3-5-11(7-6-10)8-13-9(12)14-11/h3-8H2,1-2H3,(H2,12,13). The summed E-state index contributed by atoms with van der Waals surface area (Å²) in [5.41, 5.74) is 6.01. The Labute approximate surface area is 85.7 Å². The summed E-state index contributed by atoms with van der Waals surface area (Å²) in [5.74, 6) is 0. The van der Waals surface area contributed by atoms with E-state index in [1.165, 1.54) is 19.3 Å². The number of aliphatic imine (C=N–C) groups is 1. The van der Waals surface area contributed by atoms with E-state index in [-0.39, 0.29) is 5.60 Å². The maximum absolute atomic E-state index is 5.69. The van der Waals surface area contributed by atoms with Crippen molar-refractivity contribution in [3.05, 3.63) is 0 Å². The third kappa shape index (κ3) is 1.86. The van der Waals surface area contributed by atoms with Crippen LogP contribution in [0, 0.1) is 5.41 Å². The van der Waals surface area contributed by atoms with E-state index in [4.69, 9.17) is 10.5 Å². The number of rotatable bonds is 0. The molecule has 0 aromatic heterocycles. The topological polar surface area (TPSA) is 47.6 Å². The average molecular weight is 196 g/mol. The van der Waals surface area contributed by atoms with E-state index in [0.29, 0.717) is 11.4 Å². The second-order valence-corrected chi connectivity index (χ2v) is 5.46. The highest BCUT2D eigenvalue weighted by Crippen LogP contribution is 2.41. The molecule has 1 saturated carbocycles. The Bertz CT molecular complexity index is 260. The largest absolute Gasteiger partial charge is 0.457 e. The fourth-order valence-corrected chi connectivity index (χ4v) is 2.47. The van der Waals surface area contributed by atoms with Crippen LogP contribution in [0.5, 0.6) is 0 Å². The van der Waals surface area contributed by atoms with Gasteiger partial charge in [-0.3, -0.25) is 0 Å². The van der Waals surface area contributed by atoms with Gasteiger partial charge in [0.05, 0.1) is 6.54 Å². The molecule has 1 aliphatic heterocycles. The minimum atomic E-state index is -0.0438. The highest BCUT2D eigenvalue weighted by Gasteiger charge is 2.40. The molecule has 1 aliphatic carbocycles. The van der Waals surface area contributed by atoms with Gasteiger partial charge in [-0.25, -0.2) is 4.99 Å². The van der Waals surface area contributed by atoms with Gasteiger partial charge in [0.25, 0.3) is 6.02 Å². The Hall–Kier alpha value is -0.730. The third-order valence-electron chi connectivity index (χ3n) is 3.59. The van der Waals surface area contributed by atoms with Crippen LogP contribution in [0.1, 0.15) is 46.0 Å². The van der Waals surface area contributed by atoms with Gasteiger partial charge in [-0.1, -0.05) is 13.8 Å². The van der Waals surface area contributed by atoms with Gasteiger partial charge in [-0.05, 0) is 37.5 Å². The van der Waals surface area contributed by atoms with Crippen LogP contribution in [0.25, 0.3) is 0 Å². The predicted molar refractivity (Wildman–Crippen MR) is 57.2 cm³/mol. The fourth-order valence-electron chi connectivity index (χ4n) is 2.47. The molecule has 2 rings (SSSR count). The Morgan fingerprint density at radius 2 is 2.00 bits per heavy atom. The summed E-state index contributed by atoms with van der Waals surface area (Å²) in [4.78, 5) is 4.17. The maximum Gasteiger partial charge on any atom is 0.282 e. The summed E-state index contributed by atoms with van der Waals surface area (Å²) in [6.45, 7) is 5.45. The summed E-state index contributed by atoms with van der Waals surface area (Å²) < 4.78 is 5.69. The summed E-state index contributed by atoms with van der Waals surface area (Å²) >= 11 is 0. The molecule has 3 heteroatoms. The molecule has 0 aromatic rings. The fraction of sp³-hybridized carbons (Fsp3) is 0.909. The molecule has 1 atom stereocenters. The van der Waals surface area contributed by atoms with E-state index in [1.54, 1.807) is 0 Å². The molecule has 0 bridgehead atoms. The molecule has 0 aromatic carbocycles. The van der Waals surface area contributed by atoms with Crippen LogP contribution < -0.4 is 5.73 Å². The van der Waals surface area contributed by atoms with Crippen molar-refractivity contribution in [2.24, 2.45) is 16.1 Å². The van der Waals surface area contributed by atoms with E-state index in [2.05, 4.69) is 18.8 Å². The first-order chi connectivity index (χ1) is 6.52. The van der Waals surface area contributed by atoms with Gasteiger partial charge in [0.2, 0.25) is 0 Å². The van der Waals surface area contributed by atoms with Gasteiger partial charge in [0.1, 0.15) is 5.60 Å². The van der Waals surface area contributed by atoms with Gasteiger partial charge in [0.15, 0.2) is 0 Å². The lowest BCUT2D eigenvalue weighted by atomic mass is 9.84. The summed E-state index contributed by atoms with van der Waals surface area (Å²) in [7, 11) is 0. The molecule has 1 fully saturated rings. The first-order valence-corrected chi connectivity index (χ1v) is 5.50. The second-order valence-electron chi connectivity index (χ2n) is 5.46. The quantitative estimate of drug-likeness (QED) is 0.644. The molecule has 1 heterocycles. The number of amidine groups is 1. The van der Waals surface area contributed by atoms with Crippen molar-refractivity contribution in [1.29, 1.82) is 0 Å². The summed E-state index contributed by atoms with van der Waals surface area (Å²) in [6.07, 6.45) is 5.95. The van der Waals surface area contributed by atoms with E-state index in [1.807, 2.05) is 0 Å². The minimum Gasteiger partial charge on any atom is -0.457 e. The van der Waals surface area contributed by atoms with Crippen LogP contribution in [-0.4, -0.2) is 18.2 Å². The van der Waals surface area contributed by atoms with Crippen molar-refractivity contribution < 1.29 is 4.74 Å². The van der Waals surface area contributed by atoms with Crippen LogP contribution in [-0.2, 0) is 4.74 Å². The molecular weight excluding hydrogens is 176 g/mol. The monoisotopic (exact) mass is 196 g/mol. The highest BCUT2D eigenvalue weighted by molar-refractivity contribution is 5.73. The van der Waals surface area contributed by atoms with Gasteiger partial charge in [-0.2, -0.15) is 0 Å². The average Bonchev–Trinajstić information content (AvgIpc) is 2.38. The molecule has 1 spiro atoms. The first-order valence-electron chi connectivity index (χ1n) is 5.50. The lowest BCUT2D eigenvalue weighted by Gasteiger charge is -2.27. The van der Waals surface area contributed by atoms with Gasteiger partial charge in [-0.15, -0.1) is 0 Å². The number of hydrogen-bond acceptors (Lipinski definition) is 3. The van der Waals surface area contributed by atoms with Crippen molar-refractivity contribution in [3.8, 4) is 0 Å². The first kappa shape index (κ1) is 9.81. The smallest absolute Gasteiger partial charge is 0.282 e. The van der Waals surface area contributed by atoms with Crippen LogP contribution >= 0.6 is 0 Å². The molecule has 14 heavy (non-hydrogen) atoms. The molecule has 0 saturated heterocycles. The van der Waals surface area contributed by atoms with E-state index in [0.717, 1.165) is 19.4 Å². The Morgan fingerprint density at radius 3 is 2.64 bits per heavy atom. The Morgan fingerprint density at radius 1 is 1.21 bits per heavy atom. The molecule has 1 unspecified atom stereocenters. The van der Waals surface area contributed by atoms with Crippen molar-refractivity contribution >= 4 is 6.02 Å². The molecular formula is C11H20N2O. The van der Waals surface area contributed by atoms with Crippen molar-refractivity contribution in [2.75, 3.05) is 6.54 Å². The van der Waals surface area contributed by atoms with E-state index < -0.39 is 0 Å². The number of ether oxygens (including phenoxy) is 1. The van der Waals surface area contributed by atoms with Crippen molar-refractivity contribution in [2.45, 2.75) is 51.6 Å². The van der Waals surface area contributed by atoms with Gasteiger partial charge in [0, 0.05) is 0 Å². The van der Waals surface area contributed by atoms with Crippen LogP contribution in [0.4, 0.5) is 0 Å². The molecule has 0 amide bonds. The molecule has 80 valence electrons. The molecule has 2 aliphatic rings. The van der Waals surface area contributed by atoms with E-state index in [9.17, 15) is 0 Å². The summed E-state index contributed by atoms with van der Waals surface area (Å²) in [5, 5.41) is 0. The lowest BCUT2D eigenvalue weighted by Crippen LogP contribution is -2.34. The normalized spacial score (nSPS) is 36.3. The lowest BCUT2D eigenvalue weighted by molar-refractivity contribution is 0.0656. The third-order valence-corrected chi connectivity index (χ3v) is 3.59. The second kappa shape index (κ2) is 3.14. The number of nitrogens with two attached hydrogens (primary N) is 1. The zero-order chi connectivity index (χ0) is 10.2. The zero-order valence-corrected chi connectivity index (χ0v) is 9.18. The number of nitrogens with zero attached hydrogens (tertiary/aromatic N) is 1. The van der Waals surface area contributed by atoms with Crippen LogP contribution in [0.2, 0.25) is 0 Å². The Balaban J connectivity index is 2.03. The predicted octanol–water partition coefficient (Wildman–Crippen LogP) is 2.06. The van der Waals surface area contributed by atoms with Crippen LogP contribution in [0.3, 0.4) is 0 Å². The number of hydrogen-bond donors (Lipinski definition) is 1. The SMILES string of the molecule is CC1(C)CCCC2(CC1)CN=C(N)O2. The van der Waals surface area contributed by atoms with Crippen LogP contribution in [0.15, 0.2) is 4.99 Å². The summed E-state index contributed by atoms with van der Waals surface area (Å²) in [6, 6.07) is 0.393. The highest BCUT2D eigenvalue weighted by atomic mass is 16.5. The van der Waals surface area contributed by atoms with Gasteiger partial charge < -0.3 is 10.5 Å².